The van der Waals surface area contributed by atoms with Gasteiger partial charge in [0.15, 0.2) is 9.84 Å². The molecule has 2 N–H and O–H groups in total. The van der Waals surface area contributed by atoms with E-state index in [-0.39, 0.29) is 40.4 Å². The first-order valence-corrected chi connectivity index (χ1v) is 9.97. The third-order valence-electron chi connectivity index (χ3n) is 4.54. The van der Waals surface area contributed by atoms with Crippen molar-refractivity contribution in [3.63, 3.8) is 0 Å². The zero-order valence-corrected chi connectivity index (χ0v) is 15.3. The maximum Gasteiger partial charge on any atom is 0.271 e. The normalized spacial score (nSPS) is 18.6. The van der Waals surface area contributed by atoms with Crippen molar-refractivity contribution in [1.29, 1.82) is 5.26 Å². The molecule has 3 rings (SSSR count). The molecule has 9 heteroatoms. The van der Waals surface area contributed by atoms with Gasteiger partial charge < -0.3 is 10.2 Å². The summed E-state index contributed by atoms with van der Waals surface area (Å²) in [5, 5.41) is 29.5. The number of pyridine rings is 1. The van der Waals surface area contributed by atoms with Crippen LogP contribution in [0, 0.1) is 18.3 Å². The second-order valence-electron chi connectivity index (χ2n) is 6.36. The molecule has 1 saturated heterocycles. The molecule has 0 bridgehead atoms. The molecule has 8 nitrogen and oxygen atoms in total. The van der Waals surface area contributed by atoms with Crippen LogP contribution in [0.4, 0.5) is 5.69 Å². The van der Waals surface area contributed by atoms with E-state index in [1.54, 1.807) is 12.1 Å². The van der Waals surface area contributed by atoms with E-state index >= 15 is 0 Å². The fraction of sp³-hybridized carbons (Fsp3) is 0.278. The topological polar surface area (TPSA) is 133 Å². The lowest BCUT2D eigenvalue weighted by Gasteiger charge is -2.18. The molecule has 0 spiro atoms. The highest BCUT2D eigenvalue weighted by Gasteiger charge is 2.33. The molecular weight excluding hydrogens is 370 g/mol. The van der Waals surface area contributed by atoms with Gasteiger partial charge in [0.2, 0.25) is 5.88 Å². The van der Waals surface area contributed by atoms with E-state index in [0.717, 1.165) is 4.57 Å². The molecule has 2 heterocycles. The van der Waals surface area contributed by atoms with Gasteiger partial charge in [0, 0.05) is 12.3 Å². The van der Waals surface area contributed by atoms with E-state index in [0.29, 0.717) is 5.69 Å². The first-order chi connectivity index (χ1) is 12.7. The van der Waals surface area contributed by atoms with Crippen LogP contribution in [0.5, 0.6) is 11.6 Å². The van der Waals surface area contributed by atoms with Gasteiger partial charge >= 0.3 is 0 Å². The van der Waals surface area contributed by atoms with E-state index in [4.69, 9.17) is 0 Å². The van der Waals surface area contributed by atoms with E-state index in [2.05, 4.69) is 4.99 Å². The predicted octanol–water partition coefficient (Wildman–Crippen LogP) is 1.55. The Kier molecular flexibility index (Phi) is 4.76. The maximum atomic E-state index is 12.6. The predicted molar refractivity (Wildman–Crippen MR) is 99.5 cm³/mol. The zero-order chi connectivity index (χ0) is 19.8. The molecule has 1 aromatic heterocycles. The summed E-state index contributed by atoms with van der Waals surface area (Å²) < 4.78 is 24.5. The number of rotatable bonds is 3. The number of phenols is 1. The minimum Gasteiger partial charge on any atom is -0.508 e. The number of aliphatic imine (C=N–C) groups is 1. The lowest BCUT2D eigenvalue weighted by atomic mass is 10.0. The Labute approximate surface area is 155 Å². The van der Waals surface area contributed by atoms with Gasteiger partial charge in [-0.15, -0.1) is 0 Å². The number of hydrogen-bond acceptors (Lipinski definition) is 7. The van der Waals surface area contributed by atoms with Crippen molar-refractivity contribution in [2.75, 3.05) is 11.5 Å². The number of benzene rings is 1. The van der Waals surface area contributed by atoms with Crippen LogP contribution in [0.1, 0.15) is 29.2 Å². The molecule has 1 aromatic carbocycles. The van der Waals surface area contributed by atoms with Crippen molar-refractivity contribution in [3.05, 3.63) is 51.3 Å². The van der Waals surface area contributed by atoms with Crippen molar-refractivity contribution in [2.24, 2.45) is 4.99 Å². The maximum absolute atomic E-state index is 12.6. The molecular formula is C18H17N3O5S. The van der Waals surface area contributed by atoms with E-state index < -0.39 is 27.3 Å². The van der Waals surface area contributed by atoms with Crippen LogP contribution in [-0.4, -0.2) is 40.9 Å². The van der Waals surface area contributed by atoms with Crippen LogP contribution in [0.25, 0.3) is 0 Å². The van der Waals surface area contributed by atoms with Gasteiger partial charge in [0.25, 0.3) is 5.56 Å². The minimum absolute atomic E-state index is 0.0180. The average Bonchev–Trinajstić information content (AvgIpc) is 2.94. The minimum atomic E-state index is -3.29. The number of nitriles is 1. The van der Waals surface area contributed by atoms with E-state index in [1.165, 1.54) is 25.3 Å². The lowest BCUT2D eigenvalue weighted by molar-refractivity contribution is 0.379. The Morgan fingerprint density at radius 2 is 2.11 bits per heavy atom. The smallest absolute Gasteiger partial charge is 0.271 e. The third-order valence-corrected chi connectivity index (χ3v) is 6.29. The van der Waals surface area contributed by atoms with Gasteiger partial charge in [-0.25, -0.2) is 8.42 Å². The monoisotopic (exact) mass is 387 g/mol. The highest BCUT2D eigenvalue weighted by atomic mass is 32.2. The molecule has 0 unspecified atom stereocenters. The van der Waals surface area contributed by atoms with Crippen molar-refractivity contribution in [2.45, 2.75) is 19.4 Å². The highest BCUT2D eigenvalue weighted by molar-refractivity contribution is 7.91. The first-order valence-electron chi connectivity index (χ1n) is 8.15. The zero-order valence-electron chi connectivity index (χ0n) is 14.5. The number of aromatic nitrogens is 1. The van der Waals surface area contributed by atoms with Gasteiger partial charge in [-0.2, -0.15) is 5.26 Å². The molecule has 140 valence electrons. The molecule has 0 radical (unpaired) electrons. The third kappa shape index (κ3) is 3.57. The number of nitrogens with zero attached hydrogens (tertiary/aromatic N) is 3. The van der Waals surface area contributed by atoms with Crippen LogP contribution in [0.2, 0.25) is 0 Å². The van der Waals surface area contributed by atoms with Gasteiger partial charge in [-0.3, -0.25) is 14.4 Å². The van der Waals surface area contributed by atoms with Crippen molar-refractivity contribution in [3.8, 4) is 17.7 Å². The lowest BCUT2D eigenvalue weighted by Crippen LogP contribution is -2.29. The molecule has 0 aliphatic carbocycles. The standard InChI is InChI=1S/C18H17N3O5S/c1-11-15(8-19)17(23)21(13-5-6-27(25,26)10-13)18(24)16(11)9-20-12-3-2-4-14(22)7-12/h2-4,7,9,13,22,24H,5-6,10H2,1H3/t13-/m0/s1. The fourth-order valence-corrected chi connectivity index (χ4v) is 4.83. The second kappa shape index (κ2) is 6.89. The highest BCUT2D eigenvalue weighted by Crippen LogP contribution is 2.30. The van der Waals surface area contributed by atoms with E-state index in [1.807, 2.05) is 6.07 Å². The van der Waals surface area contributed by atoms with Crippen molar-refractivity contribution < 1.29 is 18.6 Å². The molecule has 27 heavy (non-hydrogen) atoms. The van der Waals surface area contributed by atoms with Crippen LogP contribution in [0.3, 0.4) is 0 Å². The van der Waals surface area contributed by atoms with Crippen molar-refractivity contribution >= 4 is 21.7 Å². The van der Waals surface area contributed by atoms with Gasteiger partial charge in [0.1, 0.15) is 17.4 Å². The number of hydrogen-bond donors (Lipinski definition) is 2. The Morgan fingerprint density at radius 3 is 2.70 bits per heavy atom. The van der Waals surface area contributed by atoms with Gasteiger partial charge in [-0.05, 0) is 31.0 Å². The molecule has 1 aliphatic heterocycles. The molecule has 0 amide bonds. The molecule has 1 aliphatic rings. The largest absolute Gasteiger partial charge is 0.508 e. The van der Waals surface area contributed by atoms with Crippen molar-refractivity contribution in [1.82, 2.24) is 4.57 Å². The Hall–Kier alpha value is -3.12. The summed E-state index contributed by atoms with van der Waals surface area (Å²) in [6, 6.07) is 7.22. The summed E-state index contributed by atoms with van der Waals surface area (Å²) in [5.74, 6) is -0.754. The van der Waals surface area contributed by atoms with Gasteiger partial charge in [-0.1, -0.05) is 6.07 Å². The summed E-state index contributed by atoms with van der Waals surface area (Å²) in [6.45, 7) is 1.51. The van der Waals surface area contributed by atoms with Gasteiger partial charge in [0.05, 0.1) is 28.8 Å². The Morgan fingerprint density at radius 1 is 1.37 bits per heavy atom. The Bertz CT molecular complexity index is 1140. The first kappa shape index (κ1) is 18.7. The number of sulfone groups is 1. The molecule has 0 saturated carbocycles. The Balaban J connectivity index is 2.16. The van der Waals surface area contributed by atoms with Crippen LogP contribution < -0.4 is 5.56 Å². The summed E-state index contributed by atoms with van der Waals surface area (Å²) in [4.78, 5) is 16.8. The number of aromatic hydroxyl groups is 2. The van der Waals surface area contributed by atoms with Crippen LogP contribution in [0.15, 0.2) is 34.1 Å². The molecule has 1 fully saturated rings. The van der Waals surface area contributed by atoms with Crippen LogP contribution >= 0.6 is 0 Å². The fourth-order valence-electron chi connectivity index (χ4n) is 3.13. The second-order valence-corrected chi connectivity index (χ2v) is 8.59. The summed E-state index contributed by atoms with van der Waals surface area (Å²) >= 11 is 0. The van der Waals surface area contributed by atoms with Crippen LogP contribution in [-0.2, 0) is 9.84 Å². The summed E-state index contributed by atoms with van der Waals surface area (Å²) in [6.07, 6.45) is 1.48. The number of phenolic OH excluding ortho intramolecular Hbond substituents is 1. The molecule has 1 atom stereocenters. The quantitative estimate of drug-likeness (QED) is 0.768. The SMILES string of the molecule is Cc1c(C=Nc2cccc(O)c2)c(O)n([C@H]2CCS(=O)(=O)C2)c(=O)c1C#N. The average molecular weight is 387 g/mol. The summed E-state index contributed by atoms with van der Waals surface area (Å²) in [7, 11) is -3.29. The van der Waals surface area contributed by atoms with E-state index in [9.17, 15) is 28.7 Å². The summed E-state index contributed by atoms with van der Waals surface area (Å²) in [5.41, 5.74) is -0.0770. The molecule has 2 aromatic rings.